The number of nitrogens with zero attached hydrogens (tertiary/aromatic N) is 3. The first kappa shape index (κ1) is 17.6. The Morgan fingerprint density at radius 3 is 2.66 bits per heavy atom. The lowest BCUT2D eigenvalue weighted by Gasteiger charge is -2.32. The van der Waals surface area contributed by atoms with Crippen LogP contribution in [0.15, 0.2) is 42.7 Å². The lowest BCUT2D eigenvalue weighted by Crippen LogP contribution is -2.38. The summed E-state index contributed by atoms with van der Waals surface area (Å²) in [7, 11) is 1.46. The van der Waals surface area contributed by atoms with Crippen molar-refractivity contribution < 1.29 is 14.4 Å². The number of carbonyl (C=O) groups is 3. The van der Waals surface area contributed by atoms with Crippen molar-refractivity contribution in [1.29, 1.82) is 0 Å². The largest absolute Gasteiger partial charge is 0.346 e. The first-order valence-electron chi connectivity index (χ1n) is 9.72. The van der Waals surface area contributed by atoms with Crippen LogP contribution in [0.1, 0.15) is 55.4 Å². The summed E-state index contributed by atoms with van der Waals surface area (Å²) in [6, 6.07) is 8.79. The van der Waals surface area contributed by atoms with E-state index in [4.69, 9.17) is 0 Å². The molecule has 2 aliphatic heterocycles. The van der Waals surface area contributed by atoms with Gasteiger partial charge < -0.3 is 9.88 Å². The summed E-state index contributed by atoms with van der Waals surface area (Å²) in [4.78, 5) is 47.7. The Kier molecular flexibility index (Phi) is 3.97. The van der Waals surface area contributed by atoms with E-state index in [0.29, 0.717) is 35.7 Å². The first-order chi connectivity index (χ1) is 14.0. The normalized spacial score (nSPS) is 17.3. The Balaban J connectivity index is 1.32. The highest BCUT2D eigenvalue weighted by atomic mass is 16.2. The molecule has 1 fully saturated rings. The number of aromatic nitrogens is 2. The molecule has 5 rings (SSSR count). The van der Waals surface area contributed by atoms with Gasteiger partial charge >= 0.3 is 0 Å². The number of aromatic amines is 1. The highest BCUT2D eigenvalue weighted by Gasteiger charge is 2.34. The van der Waals surface area contributed by atoms with E-state index in [-0.39, 0.29) is 17.7 Å². The molecule has 7 nitrogen and oxygen atoms in total. The molecule has 0 radical (unpaired) electrons. The molecule has 0 atom stereocenters. The van der Waals surface area contributed by atoms with Crippen molar-refractivity contribution in [2.45, 2.75) is 18.8 Å². The third-order valence-corrected chi connectivity index (χ3v) is 6.04. The molecule has 1 N–H and O–H groups in total. The van der Waals surface area contributed by atoms with Crippen LogP contribution in [-0.4, -0.2) is 57.6 Å². The van der Waals surface area contributed by atoms with Gasteiger partial charge in [0.1, 0.15) is 5.65 Å². The number of rotatable bonds is 2. The Hall–Kier alpha value is -3.48. The monoisotopic (exact) mass is 388 g/mol. The van der Waals surface area contributed by atoms with Crippen molar-refractivity contribution in [3.63, 3.8) is 0 Å². The fraction of sp³-hybridized carbons (Fsp3) is 0.273. The van der Waals surface area contributed by atoms with Crippen LogP contribution in [0.2, 0.25) is 0 Å². The smallest absolute Gasteiger partial charge is 0.261 e. The minimum atomic E-state index is -0.355. The zero-order chi connectivity index (χ0) is 20.1. The summed E-state index contributed by atoms with van der Waals surface area (Å²) in [5, 5.41) is 1.14. The Morgan fingerprint density at radius 1 is 1.10 bits per heavy atom. The van der Waals surface area contributed by atoms with E-state index in [1.54, 1.807) is 24.4 Å². The summed E-state index contributed by atoms with van der Waals surface area (Å²) in [6.45, 7) is 1.31. The highest BCUT2D eigenvalue weighted by Crippen LogP contribution is 2.33. The Morgan fingerprint density at radius 2 is 1.86 bits per heavy atom. The van der Waals surface area contributed by atoms with Gasteiger partial charge in [0.25, 0.3) is 17.7 Å². The molecule has 0 saturated carbocycles. The lowest BCUT2D eigenvalue weighted by atomic mass is 9.89. The molecule has 1 aromatic carbocycles. The molecule has 0 aliphatic carbocycles. The molecule has 0 unspecified atom stereocenters. The van der Waals surface area contributed by atoms with E-state index < -0.39 is 0 Å². The van der Waals surface area contributed by atoms with Crippen molar-refractivity contribution in [1.82, 2.24) is 19.8 Å². The molecule has 2 aromatic heterocycles. The van der Waals surface area contributed by atoms with E-state index in [1.807, 2.05) is 17.2 Å². The molecular weight excluding hydrogens is 368 g/mol. The quantitative estimate of drug-likeness (QED) is 0.684. The molecule has 7 heteroatoms. The van der Waals surface area contributed by atoms with E-state index in [9.17, 15) is 14.4 Å². The van der Waals surface area contributed by atoms with Gasteiger partial charge in [0.2, 0.25) is 0 Å². The number of imide groups is 1. The van der Waals surface area contributed by atoms with Gasteiger partial charge in [0.15, 0.2) is 0 Å². The lowest BCUT2D eigenvalue weighted by molar-refractivity contribution is 0.0690. The van der Waals surface area contributed by atoms with Gasteiger partial charge in [0, 0.05) is 43.5 Å². The average molecular weight is 388 g/mol. The van der Waals surface area contributed by atoms with Gasteiger partial charge in [0.05, 0.1) is 11.1 Å². The number of H-pyrrole nitrogens is 1. The van der Waals surface area contributed by atoms with Crippen LogP contribution in [0.5, 0.6) is 0 Å². The number of piperidine rings is 1. The summed E-state index contributed by atoms with van der Waals surface area (Å²) in [6.07, 6.45) is 5.55. The van der Waals surface area contributed by atoms with Crippen LogP contribution in [0, 0.1) is 0 Å². The number of carbonyl (C=O) groups excluding carboxylic acids is 3. The standard InChI is InChI=1S/C22H20N4O3/c1-25-21(28)16-5-4-14(11-17(16)22(25)29)20(27)26-9-6-13(7-10-26)18-12-24-19-15(18)3-2-8-23-19/h2-5,8,11-13H,6-7,9-10H2,1H3,(H,23,24). The predicted octanol–water partition coefficient (Wildman–Crippen LogP) is 2.81. The van der Waals surface area contributed by atoms with Crippen LogP contribution in [0.25, 0.3) is 11.0 Å². The van der Waals surface area contributed by atoms with Crippen LogP contribution in [0.4, 0.5) is 0 Å². The maximum atomic E-state index is 13.0. The number of likely N-dealkylation sites (tertiary alicyclic amines) is 1. The van der Waals surface area contributed by atoms with Gasteiger partial charge in [-0.1, -0.05) is 0 Å². The molecule has 0 spiro atoms. The number of amides is 3. The van der Waals surface area contributed by atoms with Gasteiger partial charge in [-0.05, 0) is 54.7 Å². The molecule has 0 bridgehead atoms. The molecule has 3 aromatic rings. The zero-order valence-corrected chi connectivity index (χ0v) is 16.0. The maximum Gasteiger partial charge on any atom is 0.261 e. The van der Waals surface area contributed by atoms with Crippen molar-refractivity contribution >= 4 is 28.8 Å². The van der Waals surface area contributed by atoms with Gasteiger partial charge in [-0.15, -0.1) is 0 Å². The summed E-state index contributed by atoms with van der Waals surface area (Å²) in [5.74, 6) is -0.393. The van der Waals surface area contributed by atoms with Crippen molar-refractivity contribution in [3.8, 4) is 0 Å². The number of hydrogen-bond acceptors (Lipinski definition) is 4. The number of pyridine rings is 1. The number of hydrogen-bond donors (Lipinski definition) is 1. The van der Waals surface area contributed by atoms with Crippen LogP contribution >= 0.6 is 0 Å². The molecule has 1 saturated heterocycles. The first-order valence-corrected chi connectivity index (χ1v) is 9.72. The minimum Gasteiger partial charge on any atom is -0.346 e. The SMILES string of the molecule is CN1C(=O)c2ccc(C(=O)N3CCC(c4c[nH]c5ncccc45)CC3)cc2C1=O. The second-order valence-electron chi connectivity index (χ2n) is 7.64. The van der Waals surface area contributed by atoms with E-state index in [0.717, 1.165) is 28.8 Å². The highest BCUT2D eigenvalue weighted by molar-refractivity contribution is 6.21. The van der Waals surface area contributed by atoms with Crippen LogP contribution < -0.4 is 0 Å². The second-order valence-corrected chi connectivity index (χ2v) is 7.64. The number of nitrogens with one attached hydrogen (secondary N) is 1. The van der Waals surface area contributed by atoms with E-state index >= 15 is 0 Å². The Bertz CT molecular complexity index is 1160. The van der Waals surface area contributed by atoms with Gasteiger partial charge in [-0.2, -0.15) is 0 Å². The van der Waals surface area contributed by atoms with E-state index in [2.05, 4.69) is 16.0 Å². The number of fused-ring (bicyclic) bond motifs is 2. The molecule has 3 amide bonds. The van der Waals surface area contributed by atoms with Crippen LogP contribution in [-0.2, 0) is 0 Å². The van der Waals surface area contributed by atoms with Gasteiger partial charge in [-0.25, -0.2) is 4.98 Å². The Labute approximate surface area is 167 Å². The van der Waals surface area contributed by atoms with Crippen molar-refractivity contribution in [2.75, 3.05) is 20.1 Å². The summed E-state index contributed by atoms with van der Waals surface area (Å²) >= 11 is 0. The summed E-state index contributed by atoms with van der Waals surface area (Å²) < 4.78 is 0. The fourth-order valence-electron chi connectivity index (χ4n) is 4.39. The molecule has 29 heavy (non-hydrogen) atoms. The van der Waals surface area contributed by atoms with Gasteiger partial charge in [-0.3, -0.25) is 19.3 Å². The van der Waals surface area contributed by atoms with Crippen molar-refractivity contribution in [3.05, 3.63) is 65.0 Å². The van der Waals surface area contributed by atoms with E-state index in [1.165, 1.54) is 12.6 Å². The average Bonchev–Trinajstić information content (AvgIpc) is 3.29. The predicted molar refractivity (Wildman–Crippen MR) is 107 cm³/mol. The third kappa shape index (κ3) is 2.73. The minimum absolute atomic E-state index is 0.0957. The topological polar surface area (TPSA) is 86.4 Å². The number of benzene rings is 1. The van der Waals surface area contributed by atoms with Crippen LogP contribution in [0.3, 0.4) is 0 Å². The third-order valence-electron chi connectivity index (χ3n) is 6.04. The molecular formula is C22H20N4O3. The zero-order valence-electron chi connectivity index (χ0n) is 16.0. The molecule has 4 heterocycles. The molecule has 146 valence electrons. The van der Waals surface area contributed by atoms with Crippen molar-refractivity contribution in [2.24, 2.45) is 0 Å². The second kappa shape index (κ2) is 6.55. The molecule has 2 aliphatic rings. The summed E-state index contributed by atoms with van der Waals surface area (Å²) in [5.41, 5.74) is 3.27. The maximum absolute atomic E-state index is 13.0. The fourth-order valence-corrected chi connectivity index (χ4v) is 4.39.